The SMILES string of the molecule is CC(=O)OC(OC(=O)CN(CCN(CC(=O)O)Cc1ccccc1O)Cc1ccccc1O)C(C)C. The summed E-state index contributed by atoms with van der Waals surface area (Å²) in [6.07, 6.45) is -1.04. The van der Waals surface area contributed by atoms with Crippen molar-refractivity contribution in [2.75, 3.05) is 26.2 Å². The number of aliphatic carboxylic acids is 1. The molecule has 3 N–H and O–H groups in total. The van der Waals surface area contributed by atoms with E-state index < -0.39 is 24.2 Å². The summed E-state index contributed by atoms with van der Waals surface area (Å²) in [4.78, 5) is 38.9. The number of carboxylic acid groups (broad SMARTS) is 1. The molecule has 0 saturated carbocycles. The van der Waals surface area contributed by atoms with Crippen LogP contribution in [0, 0.1) is 5.92 Å². The van der Waals surface area contributed by atoms with E-state index in [-0.39, 0.29) is 56.7 Å². The van der Waals surface area contributed by atoms with E-state index in [1.807, 2.05) is 0 Å². The number of rotatable bonds is 14. The number of nitrogens with zero attached hydrogens (tertiary/aromatic N) is 2. The maximum absolute atomic E-state index is 12.7. The molecule has 0 amide bonds. The highest BCUT2D eigenvalue weighted by Crippen LogP contribution is 2.20. The summed E-state index contributed by atoms with van der Waals surface area (Å²) in [6, 6.07) is 13.4. The number of phenols is 2. The van der Waals surface area contributed by atoms with Crippen LogP contribution in [-0.4, -0.2) is 75.5 Å². The number of benzene rings is 2. The molecular weight excluding hydrogens is 468 g/mol. The Hall–Kier alpha value is -3.63. The van der Waals surface area contributed by atoms with Crippen molar-refractivity contribution in [3.05, 3.63) is 59.7 Å². The maximum Gasteiger partial charge on any atom is 0.323 e. The van der Waals surface area contributed by atoms with E-state index in [0.717, 1.165) is 0 Å². The lowest BCUT2D eigenvalue weighted by atomic mass is 10.1. The third-order valence-electron chi connectivity index (χ3n) is 5.29. The highest BCUT2D eigenvalue weighted by Gasteiger charge is 2.24. The molecule has 0 fully saturated rings. The van der Waals surface area contributed by atoms with E-state index in [1.54, 1.807) is 60.0 Å². The van der Waals surface area contributed by atoms with Crippen molar-refractivity contribution < 1.29 is 39.2 Å². The van der Waals surface area contributed by atoms with Gasteiger partial charge in [0.1, 0.15) is 11.5 Å². The predicted octanol–water partition coefficient (Wildman–Crippen LogP) is 2.58. The number of carbonyl (C=O) groups excluding carboxylic acids is 2. The summed E-state index contributed by atoms with van der Waals surface area (Å²) >= 11 is 0. The molecule has 196 valence electrons. The van der Waals surface area contributed by atoms with E-state index in [9.17, 15) is 29.7 Å². The normalized spacial score (nSPS) is 12.1. The van der Waals surface area contributed by atoms with Crippen molar-refractivity contribution >= 4 is 17.9 Å². The van der Waals surface area contributed by atoms with Gasteiger partial charge in [0.15, 0.2) is 0 Å². The molecule has 0 aliphatic heterocycles. The average molecular weight is 503 g/mol. The first-order valence-electron chi connectivity index (χ1n) is 11.6. The molecule has 10 heteroatoms. The minimum Gasteiger partial charge on any atom is -0.508 e. The average Bonchev–Trinajstić information content (AvgIpc) is 2.79. The molecule has 0 aromatic heterocycles. The van der Waals surface area contributed by atoms with Crippen LogP contribution in [0.3, 0.4) is 0 Å². The first-order chi connectivity index (χ1) is 17.0. The van der Waals surface area contributed by atoms with Crippen LogP contribution in [0.25, 0.3) is 0 Å². The van der Waals surface area contributed by atoms with Gasteiger partial charge in [0.2, 0.25) is 6.29 Å². The third-order valence-corrected chi connectivity index (χ3v) is 5.29. The van der Waals surface area contributed by atoms with Crippen LogP contribution in [0.1, 0.15) is 31.9 Å². The minimum absolute atomic E-state index is 0.0624. The van der Waals surface area contributed by atoms with Crippen LogP contribution in [-0.2, 0) is 36.9 Å². The number of ether oxygens (including phenoxy) is 2. The lowest BCUT2D eigenvalue weighted by Gasteiger charge is -2.28. The molecule has 0 radical (unpaired) electrons. The fourth-order valence-corrected chi connectivity index (χ4v) is 3.48. The fraction of sp³-hybridized carbons (Fsp3) is 0.423. The zero-order chi connectivity index (χ0) is 26.7. The number of hydrogen-bond donors (Lipinski definition) is 3. The van der Waals surface area contributed by atoms with Gasteiger partial charge in [-0.15, -0.1) is 0 Å². The fourth-order valence-electron chi connectivity index (χ4n) is 3.48. The van der Waals surface area contributed by atoms with Crippen molar-refractivity contribution in [1.82, 2.24) is 9.80 Å². The van der Waals surface area contributed by atoms with Crippen molar-refractivity contribution in [3.63, 3.8) is 0 Å². The van der Waals surface area contributed by atoms with Crippen LogP contribution in [0.2, 0.25) is 0 Å². The van der Waals surface area contributed by atoms with E-state index in [4.69, 9.17) is 9.47 Å². The summed E-state index contributed by atoms with van der Waals surface area (Å²) in [5.74, 6) is -2.36. The van der Waals surface area contributed by atoms with Gasteiger partial charge < -0.3 is 24.8 Å². The zero-order valence-corrected chi connectivity index (χ0v) is 20.8. The van der Waals surface area contributed by atoms with E-state index in [2.05, 4.69) is 0 Å². The molecule has 0 spiro atoms. The minimum atomic E-state index is -1.04. The molecule has 2 aromatic carbocycles. The number of esters is 2. The Bertz CT molecular complexity index is 1030. The van der Waals surface area contributed by atoms with E-state index in [0.29, 0.717) is 11.1 Å². The molecule has 10 nitrogen and oxygen atoms in total. The number of para-hydroxylation sites is 2. The molecule has 1 atom stereocenters. The highest BCUT2D eigenvalue weighted by atomic mass is 16.7. The van der Waals surface area contributed by atoms with Gasteiger partial charge in [-0.2, -0.15) is 0 Å². The van der Waals surface area contributed by atoms with Crippen molar-refractivity contribution in [3.8, 4) is 11.5 Å². The number of phenolic OH excluding ortho intramolecular Hbond substituents is 2. The Labute approximate surface area is 210 Å². The number of carboxylic acids is 1. The summed E-state index contributed by atoms with van der Waals surface area (Å²) in [5, 5.41) is 29.7. The number of carbonyl (C=O) groups is 3. The zero-order valence-electron chi connectivity index (χ0n) is 20.8. The van der Waals surface area contributed by atoms with Gasteiger partial charge in [0.05, 0.1) is 13.1 Å². The lowest BCUT2D eigenvalue weighted by molar-refractivity contribution is -0.195. The Morgan fingerprint density at radius 2 is 1.28 bits per heavy atom. The second kappa shape index (κ2) is 14.1. The molecule has 0 aliphatic rings. The smallest absolute Gasteiger partial charge is 0.323 e. The van der Waals surface area contributed by atoms with Crippen LogP contribution in [0.4, 0.5) is 0 Å². The van der Waals surface area contributed by atoms with E-state index in [1.165, 1.54) is 19.1 Å². The summed E-state index contributed by atoms with van der Waals surface area (Å²) in [7, 11) is 0. The Kier molecular flexibility index (Phi) is 11.2. The molecule has 0 aliphatic carbocycles. The van der Waals surface area contributed by atoms with Crippen molar-refractivity contribution in [2.45, 2.75) is 40.2 Å². The summed E-state index contributed by atoms with van der Waals surface area (Å²) < 4.78 is 10.5. The first kappa shape index (κ1) is 28.6. The molecule has 36 heavy (non-hydrogen) atoms. The third kappa shape index (κ3) is 9.93. The Morgan fingerprint density at radius 1 is 0.806 bits per heavy atom. The quantitative estimate of drug-likeness (QED) is 0.261. The van der Waals surface area contributed by atoms with Crippen molar-refractivity contribution in [1.29, 1.82) is 0 Å². The maximum atomic E-state index is 12.7. The van der Waals surface area contributed by atoms with Gasteiger partial charge >= 0.3 is 17.9 Å². The molecule has 1 unspecified atom stereocenters. The molecule has 0 saturated heterocycles. The van der Waals surface area contributed by atoms with Crippen LogP contribution >= 0.6 is 0 Å². The predicted molar refractivity (Wildman–Crippen MR) is 131 cm³/mol. The largest absolute Gasteiger partial charge is 0.508 e. The summed E-state index contributed by atoms with van der Waals surface area (Å²) in [5.41, 5.74) is 1.16. The topological polar surface area (TPSA) is 137 Å². The Balaban J connectivity index is 2.16. The number of aromatic hydroxyl groups is 2. The second-order valence-electron chi connectivity index (χ2n) is 8.78. The lowest BCUT2D eigenvalue weighted by Crippen LogP contribution is -2.40. The van der Waals surface area contributed by atoms with Gasteiger partial charge in [0, 0.05) is 50.1 Å². The molecular formula is C26H34N2O8. The molecule has 2 aromatic rings. The molecule has 0 heterocycles. The summed E-state index contributed by atoms with van der Waals surface area (Å²) in [6.45, 7) is 5.17. The van der Waals surface area contributed by atoms with E-state index >= 15 is 0 Å². The second-order valence-corrected chi connectivity index (χ2v) is 8.78. The van der Waals surface area contributed by atoms with Gasteiger partial charge in [-0.05, 0) is 12.1 Å². The first-order valence-corrected chi connectivity index (χ1v) is 11.6. The number of hydrogen-bond acceptors (Lipinski definition) is 9. The molecule has 0 bridgehead atoms. The molecule has 2 rings (SSSR count). The van der Waals surface area contributed by atoms with Gasteiger partial charge in [-0.25, -0.2) is 0 Å². The highest BCUT2D eigenvalue weighted by molar-refractivity contribution is 5.72. The van der Waals surface area contributed by atoms with Crippen LogP contribution in [0.5, 0.6) is 11.5 Å². The van der Waals surface area contributed by atoms with Gasteiger partial charge in [-0.3, -0.25) is 24.2 Å². The van der Waals surface area contributed by atoms with Crippen LogP contribution < -0.4 is 0 Å². The van der Waals surface area contributed by atoms with Gasteiger partial charge in [-0.1, -0.05) is 50.2 Å². The van der Waals surface area contributed by atoms with Gasteiger partial charge in [0.25, 0.3) is 0 Å². The van der Waals surface area contributed by atoms with Crippen molar-refractivity contribution in [2.24, 2.45) is 5.92 Å². The van der Waals surface area contributed by atoms with Crippen LogP contribution in [0.15, 0.2) is 48.5 Å². The standard InChI is InChI=1S/C26H34N2O8/c1-18(2)26(35-19(3)29)36-25(34)17-28(15-21-9-5-7-11-23(21)31)13-12-27(16-24(32)33)14-20-8-4-6-10-22(20)30/h4-11,18,26,30-31H,12-17H2,1-3H3,(H,32,33). The Morgan fingerprint density at radius 3 is 1.69 bits per heavy atom. The monoisotopic (exact) mass is 502 g/mol.